The van der Waals surface area contributed by atoms with Crippen LogP contribution in [0.3, 0.4) is 0 Å². The monoisotopic (exact) mass is 181 g/mol. The van der Waals surface area contributed by atoms with Crippen molar-refractivity contribution in [2.24, 2.45) is 0 Å². The van der Waals surface area contributed by atoms with Crippen molar-refractivity contribution in [3.8, 4) is 0 Å². The van der Waals surface area contributed by atoms with Gasteiger partial charge in [0.1, 0.15) is 6.29 Å². The van der Waals surface area contributed by atoms with E-state index in [1.54, 1.807) is 0 Å². The van der Waals surface area contributed by atoms with Gasteiger partial charge in [-0.2, -0.15) is 0 Å². The van der Waals surface area contributed by atoms with E-state index >= 15 is 0 Å². The average Bonchev–Trinajstić information content (AvgIpc) is 2.44. The summed E-state index contributed by atoms with van der Waals surface area (Å²) in [6.07, 6.45) is 5.54. The second-order valence-corrected chi connectivity index (χ2v) is 3.50. The van der Waals surface area contributed by atoms with Crippen LogP contribution in [0.4, 0.5) is 0 Å². The molecule has 1 fully saturated rings. The molecule has 13 heavy (non-hydrogen) atoms. The molecule has 0 spiro atoms. The zero-order valence-corrected chi connectivity index (χ0v) is 8.00. The maximum absolute atomic E-state index is 10.2. The van der Waals surface area contributed by atoms with Crippen molar-refractivity contribution in [3.05, 3.63) is 19.1 Å². The van der Waals surface area contributed by atoms with Crippen molar-refractivity contribution in [3.63, 3.8) is 0 Å². The van der Waals surface area contributed by atoms with Crippen LogP contribution in [0.15, 0.2) is 12.2 Å². The van der Waals surface area contributed by atoms with Gasteiger partial charge in [-0.15, -0.1) is 0 Å². The van der Waals surface area contributed by atoms with Crippen molar-refractivity contribution in [2.45, 2.75) is 44.3 Å². The molecule has 1 aliphatic rings. The maximum Gasteiger partial charge on any atom is 0.120 e. The lowest BCUT2D eigenvalue weighted by Crippen LogP contribution is -2.11. The van der Waals surface area contributed by atoms with Gasteiger partial charge < -0.3 is 9.53 Å². The Hall–Kier alpha value is -0.630. The molecule has 0 N–H and O–H groups in total. The van der Waals surface area contributed by atoms with E-state index in [1.807, 2.05) is 0 Å². The fourth-order valence-corrected chi connectivity index (χ4v) is 1.69. The number of hydrogen-bond acceptors (Lipinski definition) is 2. The van der Waals surface area contributed by atoms with E-state index < -0.39 is 0 Å². The predicted molar refractivity (Wildman–Crippen MR) is 52.3 cm³/mol. The van der Waals surface area contributed by atoms with Crippen LogP contribution in [-0.2, 0) is 9.53 Å². The van der Waals surface area contributed by atoms with Crippen LogP contribution in [0.5, 0.6) is 0 Å². The Labute approximate surface area is 80.0 Å². The molecular weight excluding hydrogens is 164 g/mol. The highest BCUT2D eigenvalue weighted by molar-refractivity contribution is 5.49. The first-order valence-corrected chi connectivity index (χ1v) is 4.84. The Bertz CT molecular complexity index is 187. The molecular formula is C11H17O2. The minimum Gasteiger partial charge on any atom is -0.370 e. The smallest absolute Gasteiger partial charge is 0.120 e. The molecule has 1 rings (SSSR count). The van der Waals surface area contributed by atoms with E-state index in [0.29, 0.717) is 12.5 Å². The Morgan fingerprint density at radius 1 is 1.54 bits per heavy atom. The molecule has 0 unspecified atom stereocenters. The van der Waals surface area contributed by atoms with E-state index in [-0.39, 0.29) is 6.10 Å². The minimum absolute atomic E-state index is 0.113. The lowest BCUT2D eigenvalue weighted by molar-refractivity contribution is -0.108. The summed E-state index contributed by atoms with van der Waals surface area (Å²) in [5.41, 5.74) is 1.14. The van der Waals surface area contributed by atoms with Crippen LogP contribution in [0.25, 0.3) is 0 Å². The predicted octanol–water partition coefficient (Wildman–Crippen LogP) is 2.29. The van der Waals surface area contributed by atoms with Crippen molar-refractivity contribution in [2.75, 3.05) is 0 Å². The molecule has 0 bridgehead atoms. The molecule has 1 radical (unpaired) electrons. The van der Waals surface area contributed by atoms with E-state index in [2.05, 4.69) is 13.5 Å². The quantitative estimate of drug-likeness (QED) is 0.480. The Balaban J connectivity index is 2.32. The van der Waals surface area contributed by atoms with Gasteiger partial charge in [-0.05, 0) is 24.8 Å². The maximum atomic E-state index is 10.2. The number of rotatable bonds is 5. The molecule has 0 aliphatic carbocycles. The van der Waals surface area contributed by atoms with Crippen LogP contribution in [0, 0.1) is 6.92 Å². The van der Waals surface area contributed by atoms with E-state index in [4.69, 9.17) is 4.74 Å². The van der Waals surface area contributed by atoms with Crippen LogP contribution in [-0.4, -0.2) is 18.5 Å². The van der Waals surface area contributed by atoms with Gasteiger partial charge in [0, 0.05) is 6.42 Å². The molecule has 0 aromatic heterocycles. The van der Waals surface area contributed by atoms with Gasteiger partial charge in [0.25, 0.3) is 0 Å². The summed E-state index contributed by atoms with van der Waals surface area (Å²) in [6.45, 7) is 7.76. The van der Waals surface area contributed by atoms with Crippen molar-refractivity contribution in [1.82, 2.24) is 0 Å². The molecule has 1 aliphatic heterocycles. The van der Waals surface area contributed by atoms with Crippen LogP contribution < -0.4 is 0 Å². The van der Waals surface area contributed by atoms with Gasteiger partial charge in [0.2, 0.25) is 0 Å². The highest BCUT2D eigenvalue weighted by Crippen LogP contribution is 2.29. The molecule has 0 amide bonds. The van der Waals surface area contributed by atoms with Gasteiger partial charge in [-0.3, -0.25) is 0 Å². The highest BCUT2D eigenvalue weighted by atomic mass is 16.5. The van der Waals surface area contributed by atoms with Crippen molar-refractivity contribution in [1.29, 1.82) is 0 Å². The first kappa shape index (κ1) is 10.5. The molecule has 0 aromatic rings. The zero-order chi connectivity index (χ0) is 9.68. The van der Waals surface area contributed by atoms with Crippen LogP contribution in [0.2, 0.25) is 0 Å². The van der Waals surface area contributed by atoms with Gasteiger partial charge in [0.05, 0.1) is 12.2 Å². The lowest BCUT2D eigenvalue weighted by Gasteiger charge is -2.11. The number of ether oxygens (including phenoxy) is 1. The summed E-state index contributed by atoms with van der Waals surface area (Å²) in [5.74, 6) is 0. The van der Waals surface area contributed by atoms with Crippen molar-refractivity contribution >= 4 is 6.29 Å². The molecule has 1 saturated heterocycles. The lowest BCUT2D eigenvalue weighted by atomic mass is 10.0. The van der Waals surface area contributed by atoms with Crippen LogP contribution in [0.1, 0.15) is 32.1 Å². The standard InChI is InChI=1S/C11H17O2/c1-3-5-10-8-9(2)11(13-10)6-4-7-12/h7,10-11H,1-6,8H2/t10-,11-/m0/s1. The summed E-state index contributed by atoms with van der Waals surface area (Å²) in [5, 5.41) is 0. The SMILES string of the molecule is [CH2]CC[C@H]1CC(=C)[C@H](CCC=O)O1. The Kier molecular flexibility index (Phi) is 4.16. The van der Waals surface area contributed by atoms with Crippen molar-refractivity contribution < 1.29 is 9.53 Å². The van der Waals surface area contributed by atoms with Gasteiger partial charge in [0.15, 0.2) is 0 Å². The Morgan fingerprint density at radius 2 is 2.31 bits per heavy atom. The molecule has 2 nitrogen and oxygen atoms in total. The number of hydrogen-bond donors (Lipinski definition) is 0. The summed E-state index contributed by atoms with van der Waals surface area (Å²) in [6, 6.07) is 0. The molecule has 2 atom stereocenters. The average molecular weight is 181 g/mol. The third-order valence-electron chi connectivity index (χ3n) is 2.37. The van der Waals surface area contributed by atoms with E-state index in [1.165, 1.54) is 0 Å². The Morgan fingerprint density at radius 3 is 2.92 bits per heavy atom. The number of carbonyl (C=O) groups excluding carboxylic acids is 1. The largest absolute Gasteiger partial charge is 0.370 e. The highest BCUT2D eigenvalue weighted by Gasteiger charge is 2.27. The summed E-state index contributed by atoms with van der Waals surface area (Å²) in [4.78, 5) is 10.2. The third kappa shape index (κ3) is 2.96. The molecule has 0 saturated carbocycles. The van der Waals surface area contributed by atoms with E-state index in [9.17, 15) is 4.79 Å². The number of carbonyl (C=O) groups is 1. The summed E-state index contributed by atoms with van der Waals surface area (Å²) >= 11 is 0. The molecule has 1 heterocycles. The van der Waals surface area contributed by atoms with E-state index in [0.717, 1.165) is 37.5 Å². The molecule has 2 heteroatoms. The van der Waals surface area contributed by atoms with Gasteiger partial charge >= 0.3 is 0 Å². The second-order valence-electron chi connectivity index (χ2n) is 3.50. The first-order chi connectivity index (χ1) is 6.27. The fraction of sp³-hybridized carbons (Fsp3) is 0.636. The van der Waals surface area contributed by atoms with Gasteiger partial charge in [-0.1, -0.05) is 19.9 Å². The topological polar surface area (TPSA) is 26.3 Å². The first-order valence-electron chi connectivity index (χ1n) is 4.84. The third-order valence-corrected chi connectivity index (χ3v) is 2.37. The second kappa shape index (κ2) is 5.18. The normalized spacial score (nSPS) is 27.9. The fourth-order valence-electron chi connectivity index (χ4n) is 1.69. The number of aldehydes is 1. The van der Waals surface area contributed by atoms with Gasteiger partial charge in [-0.25, -0.2) is 0 Å². The molecule has 0 aromatic carbocycles. The van der Waals surface area contributed by atoms with Crippen LogP contribution >= 0.6 is 0 Å². The zero-order valence-electron chi connectivity index (χ0n) is 8.00. The summed E-state index contributed by atoms with van der Waals surface area (Å²) in [7, 11) is 0. The minimum atomic E-state index is 0.113. The molecule has 73 valence electrons. The summed E-state index contributed by atoms with van der Waals surface area (Å²) < 4.78 is 5.72.